The fourth-order valence-electron chi connectivity index (χ4n) is 2.71. The third-order valence-electron chi connectivity index (χ3n) is 4.19. The van der Waals surface area contributed by atoms with Gasteiger partial charge in [-0.15, -0.1) is 0 Å². The van der Waals surface area contributed by atoms with Gasteiger partial charge in [0.15, 0.2) is 0 Å². The summed E-state index contributed by atoms with van der Waals surface area (Å²) in [6.07, 6.45) is 0. The largest absolute Gasteiger partial charge is 0.302 e. The zero-order chi connectivity index (χ0) is 19.6. The van der Waals surface area contributed by atoms with Gasteiger partial charge in [-0.1, -0.05) is 54.1 Å². The summed E-state index contributed by atoms with van der Waals surface area (Å²) in [5.74, 6) is -0.0471. The van der Waals surface area contributed by atoms with Gasteiger partial charge in [0.1, 0.15) is 0 Å². The van der Waals surface area contributed by atoms with E-state index >= 15 is 0 Å². The van der Waals surface area contributed by atoms with E-state index in [4.69, 9.17) is 23.8 Å². The number of halogens is 1. The smallest absolute Gasteiger partial charge is 0.245 e. The highest BCUT2D eigenvalue weighted by molar-refractivity contribution is 7.89. The van der Waals surface area contributed by atoms with Gasteiger partial charge >= 0.3 is 10.2 Å². The van der Waals surface area contributed by atoms with Crippen molar-refractivity contribution in [2.24, 2.45) is 5.10 Å². The second kappa shape index (κ2) is 7.93. The minimum Gasteiger partial charge on any atom is -0.245 e. The first-order valence-corrected chi connectivity index (χ1v) is 10.4. The third-order valence-corrected chi connectivity index (χ3v) is 6.29. The molecule has 1 unspecified atom stereocenters. The number of benzene rings is 2. The Morgan fingerprint density at radius 3 is 2.41 bits per heavy atom. The van der Waals surface area contributed by atoms with Crippen molar-refractivity contribution in [3.8, 4) is 0 Å². The van der Waals surface area contributed by atoms with E-state index in [2.05, 4.69) is 9.82 Å². The van der Waals surface area contributed by atoms with Crippen LogP contribution in [-0.2, 0) is 10.2 Å². The second-order valence-electron chi connectivity index (χ2n) is 6.23. The molecule has 0 saturated heterocycles. The van der Waals surface area contributed by atoms with E-state index in [1.54, 1.807) is 12.1 Å². The van der Waals surface area contributed by atoms with Gasteiger partial charge in [0.05, 0.1) is 12.3 Å². The van der Waals surface area contributed by atoms with E-state index in [0.29, 0.717) is 11.6 Å². The molecule has 0 aromatic heterocycles. The molecule has 3 rings (SSSR count). The third kappa shape index (κ3) is 4.47. The zero-order valence-electron chi connectivity index (χ0n) is 14.8. The average Bonchev–Trinajstić information content (AvgIpc) is 3.08. The molecule has 27 heavy (non-hydrogen) atoms. The number of rotatable bonds is 4. The van der Waals surface area contributed by atoms with Crippen LogP contribution in [-0.4, -0.2) is 49.2 Å². The molecule has 1 heterocycles. The molecular formula is C18H19ClN4O2S2. The molecule has 142 valence electrons. The maximum atomic E-state index is 12.1. The lowest BCUT2D eigenvalue weighted by molar-refractivity contribution is 0.466. The monoisotopic (exact) mass is 422 g/mol. The lowest BCUT2D eigenvalue weighted by Gasteiger charge is -2.20. The van der Waals surface area contributed by atoms with Crippen LogP contribution in [0.5, 0.6) is 0 Å². The molecule has 1 aliphatic rings. The Morgan fingerprint density at radius 2 is 1.81 bits per heavy atom. The molecule has 0 bridgehead atoms. The maximum Gasteiger partial charge on any atom is 0.302 e. The lowest BCUT2D eigenvalue weighted by atomic mass is 9.91. The van der Waals surface area contributed by atoms with Gasteiger partial charge in [-0.25, -0.2) is 9.73 Å². The first-order valence-electron chi connectivity index (χ1n) is 8.19. The Morgan fingerprint density at radius 1 is 1.19 bits per heavy atom. The van der Waals surface area contributed by atoms with Crippen LogP contribution >= 0.6 is 23.8 Å². The summed E-state index contributed by atoms with van der Waals surface area (Å²) in [6, 6.07) is 17.3. The summed E-state index contributed by atoms with van der Waals surface area (Å²) in [6.45, 7) is 0.441. The molecule has 1 atom stereocenters. The van der Waals surface area contributed by atoms with Crippen LogP contribution in [0, 0.1) is 0 Å². The summed E-state index contributed by atoms with van der Waals surface area (Å²) in [4.78, 5) is 0. The predicted octanol–water partition coefficient (Wildman–Crippen LogP) is 2.82. The van der Waals surface area contributed by atoms with Crippen molar-refractivity contribution >= 4 is 44.9 Å². The zero-order valence-corrected chi connectivity index (χ0v) is 17.2. The average molecular weight is 423 g/mol. The number of hydrogen-bond donors (Lipinski definition) is 1. The molecule has 0 amide bonds. The summed E-state index contributed by atoms with van der Waals surface area (Å²) in [5, 5.41) is 6.80. The summed E-state index contributed by atoms with van der Waals surface area (Å²) in [7, 11) is -0.822. The highest BCUT2D eigenvalue weighted by atomic mass is 35.5. The van der Waals surface area contributed by atoms with Crippen molar-refractivity contribution in [3.63, 3.8) is 0 Å². The van der Waals surface area contributed by atoms with Crippen molar-refractivity contribution in [1.82, 2.24) is 14.0 Å². The maximum absolute atomic E-state index is 12.1. The number of nitrogens with zero attached hydrogens (tertiary/aromatic N) is 3. The van der Waals surface area contributed by atoms with Crippen molar-refractivity contribution in [2.75, 3.05) is 20.6 Å². The lowest BCUT2D eigenvalue weighted by Crippen LogP contribution is -2.44. The Hall–Kier alpha value is -2.00. The standard InChI is InChI=1S/C18H19ClN4O2S2/c1-22(2)27(24,25)21-18(26)23-12-16(13-6-4-3-5-7-13)17(20-23)14-8-10-15(19)11-9-14/h3-11,16H,12H2,1-2H3,(H,21,26). The summed E-state index contributed by atoms with van der Waals surface area (Å²) >= 11 is 11.3. The summed E-state index contributed by atoms with van der Waals surface area (Å²) < 4.78 is 27.6. The van der Waals surface area contributed by atoms with Crippen LogP contribution in [0.3, 0.4) is 0 Å². The molecular weight excluding hydrogens is 404 g/mol. The van der Waals surface area contributed by atoms with Crippen LogP contribution in [0.2, 0.25) is 5.02 Å². The van der Waals surface area contributed by atoms with Crippen molar-refractivity contribution in [2.45, 2.75) is 5.92 Å². The van der Waals surface area contributed by atoms with Crippen LogP contribution in [0.1, 0.15) is 17.0 Å². The molecule has 1 N–H and O–H groups in total. The van der Waals surface area contributed by atoms with E-state index in [0.717, 1.165) is 21.1 Å². The predicted molar refractivity (Wildman–Crippen MR) is 112 cm³/mol. The van der Waals surface area contributed by atoms with E-state index < -0.39 is 10.2 Å². The minimum absolute atomic E-state index is 0.0357. The molecule has 2 aromatic rings. The Kier molecular flexibility index (Phi) is 5.81. The van der Waals surface area contributed by atoms with Crippen LogP contribution in [0.4, 0.5) is 0 Å². The molecule has 0 spiro atoms. The highest BCUT2D eigenvalue weighted by Gasteiger charge is 2.32. The van der Waals surface area contributed by atoms with Crippen molar-refractivity contribution < 1.29 is 8.42 Å². The molecule has 1 aliphatic heterocycles. The fraction of sp³-hybridized carbons (Fsp3) is 0.222. The van der Waals surface area contributed by atoms with Crippen LogP contribution in [0.15, 0.2) is 59.7 Å². The number of nitrogens with one attached hydrogen (secondary N) is 1. The first kappa shape index (κ1) is 19.8. The van der Waals surface area contributed by atoms with Gasteiger partial charge in [-0.2, -0.15) is 17.8 Å². The second-order valence-corrected chi connectivity index (χ2v) is 8.94. The fourth-order valence-corrected chi connectivity index (χ4v) is 3.78. The SMILES string of the molecule is CN(C)S(=O)(=O)NC(=S)N1CC(c2ccccc2)C(c2ccc(Cl)cc2)=N1. The van der Waals surface area contributed by atoms with Gasteiger partial charge in [0.25, 0.3) is 0 Å². The van der Waals surface area contributed by atoms with Gasteiger partial charge in [-0.3, -0.25) is 0 Å². The topological polar surface area (TPSA) is 65.0 Å². The van der Waals surface area contributed by atoms with E-state index in [-0.39, 0.29) is 11.0 Å². The molecule has 2 aromatic carbocycles. The van der Waals surface area contributed by atoms with Crippen molar-refractivity contribution in [3.05, 3.63) is 70.7 Å². The Balaban J connectivity index is 1.94. The van der Waals surface area contributed by atoms with E-state index in [1.165, 1.54) is 19.1 Å². The van der Waals surface area contributed by atoms with Gasteiger partial charge in [0, 0.05) is 25.0 Å². The number of hydrogen-bond acceptors (Lipinski definition) is 4. The molecule has 6 nitrogen and oxygen atoms in total. The van der Waals surface area contributed by atoms with Gasteiger partial charge < -0.3 is 0 Å². The van der Waals surface area contributed by atoms with Crippen molar-refractivity contribution in [1.29, 1.82) is 0 Å². The molecule has 9 heteroatoms. The quantitative estimate of drug-likeness (QED) is 0.769. The molecule has 0 saturated carbocycles. The number of thiocarbonyl (C=S) groups is 1. The Bertz CT molecular complexity index is 961. The van der Waals surface area contributed by atoms with Crippen LogP contribution < -0.4 is 4.72 Å². The van der Waals surface area contributed by atoms with Crippen LogP contribution in [0.25, 0.3) is 0 Å². The van der Waals surface area contributed by atoms with Gasteiger partial charge in [-0.05, 0) is 35.5 Å². The van der Waals surface area contributed by atoms with E-state index in [1.807, 2.05) is 42.5 Å². The number of hydrazone groups is 1. The molecule has 0 radical (unpaired) electrons. The first-order chi connectivity index (χ1) is 12.8. The Labute approximate surface area is 169 Å². The minimum atomic E-state index is -3.69. The van der Waals surface area contributed by atoms with E-state index in [9.17, 15) is 8.42 Å². The highest BCUT2D eigenvalue weighted by Crippen LogP contribution is 2.29. The summed E-state index contributed by atoms with van der Waals surface area (Å²) in [5.41, 5.74) is 2.80. The molecule has 0 fully saturated rings. The molecule has 0 aliphatic carbocycles. The normalized spacial score (nSPS) is 17.1. The van der Waals surface area contributed by atoms with Gasteiger partial charge in [0.2, 0.25) is 5.11 Å².